The second-order valence-electron chi connectivity index (χ2n) is 9.90. The Hall–Kier alpha value is -4.70. The molecule has 0 radical (unpaired) electrons. The Morgan fingerprint density at radius 3 is 2.20 bits per heavy atom. The van der Waals surface area contributed by atoms with Gasteiger partial charge in [0.1, 0.15) is 16.8 Å². The van der Waals surface area contributed by atoms with Crippen LogP contribution < -0.4 is 16.0 Å². The molecule has 0 fully saturated rings. The van der Waals surface area contributed by atoms with E-state index in [1.54, 1.807) is 84.9 Å². The standard InChI is InChI=1S/C36H26BrClFN3O3S/c37-26-18-19-31(30(39)21-26)41-36(45)33(23-10-3-1-4-11-23)46-28-16-9-15-27(22-28)40-35(44)32(20-25-14-7-8-17-29(25)38)42-34(43)24-12-5-2-6-13-24/h1-22,33H,(H,40,44)(H,41,45)(H,42,43)/b32-20+. The Labute approximate surface area is 283 Å². The van der Waals surface area contributed by atoms with Crippen LogP contribution in [-0.4, -0.2) is 17.7 Å². The largest absolute Gasteiger partial charge is 0.322 e. The van der Waals surface area contributed by atoms with Crippen molar-refractivity contribution in [2.45, 2.75) is 10.1 Å². The first-order chi connectivity index (χ1) is 22.3. The van der Waals surface area contributed by atoms with E-state index in [2.05, 4.69) is 31.9 Å². The minimum Gasteiger partial charge on any atom is -0.322 e. The van der Waals surface area contributed by atoms with Crippen LogP contribution in [0.3, 0.4) is 0 Å². The smallest absolute Gasteiger partial charge is 0.272 e. The summed E-state index contributed by atoms with van der Waals surface area (Å²) in [6.45, 7) is 0. The number of benzene rings is 5. The first-order valence-corrected chi connectivity index (χ1v) is 16.0. The van der Waals surface area contributed by atoms with Crippen molar-refractivity contribution in [2.24, 2.45) is 0 Å². The second kappa shape index (κ2) is 15.5. The summed E-state index contributed by atoms with van der Waals surface area (Å²) in [5.74, 6) is -2.02. The molecule has 0 saturated carbocycles. The van der Waals surface area contributed by atoms with Gasteiger partial charge in [0.05, 0.1) is 5.69 Å². The average Bonchev–Trinajstić information content (AvgIpc) is 3.06. The number of nitrogens with one attached hydrogen (secondary N) is 3. The molecule has 5 aromatic rings. The molecule has 5 aromatic carbocycles. The molecule has 3 N–H and O–H groups in total. The Kier molecular flexibility index (Phi) is 11.0. The first kappa shape index (κ1) is 32.7. The highest BCUT2D eigenvalue weighted by Crippen LogP contribution is 2.37. The van der Waals surface area contributed by atoms with Crippen molar-refractivity contribution >= 4 is 74.5 Å². The fourth-order valence-corrected chi connectivity index (χ4v) is 5.97. The SMILES string of the molecule is O=C(Nc1cccc(SC(C(=O)Nc2ccc(Br)cc2F)c2ccccc2)c1)/C(=C\c1ccccc1Cl)NC(=O)c1ccccc1. The van der Waals surface area contributed by atoms with Crippen molar-refractivity contribution in [1.82, 2.24) is 5.32 Å². The van der Waals surface area contributed by atoms with E-state index in [1.807, 2.05) is 30.3 Å². The van der Waals surface area contributed by atoms with Crippen molar-refractivity contribution in [3.8, 4) is 0 Å². The molecule has 230 valence electrons. The van der Waals surface area contributed by atoms with E-state index < -0.39 is 28.8 Å². The van der Waals surface area contributed by atoms with E-state index in [1.165, 1.54) is 30.0 Å². The summed E-state index contributed by atoms with van der Waals surface area (Å²) in [6.07, 6.45) is 1.51. The van der Waals surface area contributed by atoms with Crippen molar-refractivity contribution in [2.75, 3.05) is 10.6 Å². The lowest BCUT2D eigenvalue weighted by Gasteiger charge is -2.18. The number of anilines is 2. The third-order valence-electron chi connectivity index (χ3n) is 6.61. The van der Waals surface area contributed by atoms with Crippen LogP contribution in [0.1, 0.15) is 26.7 Å². The molecule has 46 heavy (non-hydrogen) atoms. The molecular weight excluding hydrogens is 689 g/mol. The van der Waals surface area contributed by atoms with Gasteiger partial charge in [-0.05, 0) is 71.8 Å². The lowest BCUT2D eigenvalue weighted by atomic mass is 10.1. The number of amides is 3. The van der Waals surface area contributed by atoms with Crippen LogP contribution in [0.15, 0.2) is 142 Å². The maximum Gasteiger partial charge on any atom is 0.272 e. The lowest BCUT2D eigenvalue weighted by Crippen LogP contribution is -2.30. The highest BCUT2D eigenvalue weighted by atomic mass is 79.9. The van der Waals surface area contributed by atoms with E-state index in [4.69, 9.17) is 11.6 Å². The van der Waals surface area contributed by atoms with Gasteiger partial charge in [-0.25, -0.2) is 4.39 Å². The summed E-state index contributed by atoms with van der Waals surface area (Å²) in [5.41, 5.74) is 2.12. The maximum atomic E-state index is 14.5. The van der Waals surface area contributed by atoms with Gasteiger partial charge in [0.2, 0.25) is 5.91 Å². The van der Waals surface area contributed by atoms with E-state index in [9.17, 15) is 18.8 Å². The molecule has 0 aliphatic carbocycles. The molecule has 0 spiro atoms. The Morgan fingerprint density at radius 2 is 1.48 bits per heavy atom. The van der Waals surface area contributed by atoms with Crippen LogP contribution in [0.25, 0.3) is 6.08 Å². The van der Waals surface area contributed by atoms with Crippen molar-refractivity contribution in [3.05, 3.63) is 165 Å². The molecular formula is C36H26BrClFN3O3S. The fourth-order valence-electron chi connectivity index (χ4n) is 4.36. The van der Waals surface area contributed by atoms with E-state index >= 15 is 0 Å². The highest BCUT2D eigenvalue weighted by Gasteiger charge is 2.24. The predicted octanol–water partition coefficient (Wildman–Crippen LogP) is 9.12. The number of halogens is 3. The number of rotatable bonds is 10. The third kappa shape index (κ3) is 8.72. The normalized spacial score (nSPS) is 11.8. The van der Waals surface area contributed by atoms with Gasteiger partial charge < -0.3 is 16.0 Å². The first-order valence-electron chi connectivity index (χ1n) is 14.0. The van der Waals surface area contributed by atoms with Crippen molar-refractivity contribution in [1.29, 1.82) is 0 Å². The van der Waals surface area contributed by atoms with Crippen LogP contribution in [-0.2, 0) is 9.59 Å². The molecule has 0 aliphatic rings. The van der Waals surface area contributed by atoms with Crippen LogP contribution in [0.4, 0.5) is 15.8 Å². The number of thioether (sulfide) groups is 1. The Morgan fingerprint density at radius 1 is 0.783 bits per heavy atom. The summed E-state index contributed by atoms with van der Waals surface area (Å²) >= 11 is 10.8. The molecule has 0 saturated heterocycles. The molecule has 6 nitrogen and oxygen atoms in total. The van der Waals surface area contributed by atoms with Crippen LogP contribution in [0.2, 0.25) is 5.02 Å². The van der Waals surface area contributed by atoms with Crippen molar-refractivity contribution in [3.63, 3.8) is 0 Å². The summed E-state index contributed by atoms with van der Waals surface area (Å²) < 4.78 is 15.1. The molecule has 1 atom stereocenters. The molecule has 0 aliphatic heterocycles. The molecule has 10 heteroatoms. The molecule has 0 bridgehead atoms. The lowest BCUT2D eigenvalue weighted by molar-refractivity contribution is -0.116. The molecule has 0 aromatic heterocycles. The van der Waals surface area contributed by atoms with Gasteiger partial charge >= 0.3 is 0 Å². The van der Waals surface area contributed by atoms with E-state index in [-0.39, 0.29) is 11.4 Å². The second-order valence-corrected chi connectivity index (χ2v) is 12.4. The predicted molar refractivity (Wildman–Crippen MR) is 186 cm³/mol. The quantitative estimate of drug-likeness (QED) is 0.0995. The number of carbonyl (C=O) groups excluding carboxylic acids is 3. The Bertz CT molecular complexity index is 1910. The van der Waals surface area contributed by atoms with E-state index in [0.717, 1.165) is 0 Å². The fraction of sp³-hybridized carbons (Fsp3) is 0.0278. The Balaban J connectivity index is 1.38. The van der Waals surface area contributed by atoms with E-state index in [0.29, 0.717) is 36.8 Å². The van der Waals surface area contributed by atoms with Crippen LogP contribution >= 0.6 is 39.3 Å². The summed E-state index contributed by atoms with van der Waals surface area (Å²) in [4.78, 5) is 40.7. The van der Waals surface area contributed by atoms with Gasteiger partial charge in [-0.2, -0.15) is 0 Å². The van der Waals surface area contributed by atoms with Gasteiger partial charge in [-0.3, -0.25) is 14.4 Å². The zero-order valence-electron chi connectivity index (χ0n) is 24.0. The maximum absolute atomic E-state index is 14.5. The van der Waals surface area contributed by atoms with Gasteiger partial charge in [-0.15, -0.1) is 11.8 Å². The van der Waals surface area contributed by atoms with Gasteiger partial charge in [0, 0.05) is 25.6 Å². The summed E-state index contributed by atoms with van der Waals surface area (Å²) in [6, 6.07) is 36.0. The van der Waals surface area contributed by atoms with Gasteiger partial charge in [0.25, 0.3) is 11.8 Å². The monoisotopic (exact) mass is 713 g/mol. The van der Waals surface area contributed by atoms with Crippen LogP contribution in [0, 0.1) is 5.82 Å². The van der Waals surface area contributed by atoms with Crippen molar-refractivity contribution < 1.29 is 18.8 Å². The molecule has 5 rings (SSSR count). The number of hydrogen-bond acceptors (Lipinski definition) is 4. The third-order valence-corrected chi connectivity index (χ3v) is 8.69. The zero-order valence-corrected chi connectivity index (χ0v) is 27.2. The molecule has 1 unspecified atom stereocenters. The number of hydrogen-bond donors (Lipinski definition) is 3. The minimum atomic E-state index is -0.740. The highest BCUT2D eigenvalue weighted by molar-refractivity contribution is 9.10. The summed E-state index contributed by atoms with van der Waals surface area (Å²) in [5, 5.41) is 7.91. The average molecular weight is 715 g/mol. The van der Waals surface area contributed by atoms with Gasteiger partial charge in [-0.1, -0.05) is 100 Å². The number of carbonyl (C=O) groups is 3. The zero-order chi connectivity index (χ0) is 32.5. The summed E-state index contributed by atoms with van der Waals surface area (Å²) in [7, 11) is 0. The minimum absolute atomic E-state index is 0.0157. The van der Waals surface area contributed by atoms with Gasteiger partial charge in [0.15, 0.2) is 0 Å². The topological polar surface area (TPSA) is 87.3 Å². The van der Waals surface area contributed by atoms with Crippen LogP contribution in [0.5, 0.6) is 0 Å². The molecule has 0 heterocycles. The molecule has 3 amide bonds.